The largest absolute Gasteiger partial charge is 0.497 e. The summed E-state index contributed by atoms with van der Waals surface area (Å²) in [5.41, 5.74) is 0.959. The number of benzene rings is 2. The first-order chi connectivity index (χ1) is 16.9. The Balaban J connectivity index is 2.45. The van der Waals surface area contributed by atoms with Crippen molar-refractivity contribution >= 4 is 50.7 Å². The second-order valence-electron chi connectivity index (χ2n) is 8.48. The zero-order chi connectivity index (χ0) is 27.0. The molecule has 0 radical (unpaired) electrons. The number of rotatable bonds is 12. The summed E-state index contributed by atoms with van der Waals surface area (Å²) >= 11 is 12.2. The van der Waals surface area contributed by atoms with Crippen molar-refractivity contribution in [3.63, 3.8) is 0 Å². The molecule has 2 aromatic carbocycles. The molecule has 2 atom stereocenters. The third-order valence-corrected chi connectivity index (χ3v) is 7.64. The summed E-state index contributed by atoms with van der Waals surface area (Å²) in [5, 5.41) is 3.60. The Morgan fingerprint density at radius 3 is 2.17 bits per heavy atom. The van der Waals surface area contributed by atoms with E-state index in [0.29, 0.717) is 33.5 Å². The number of nitrogens with one attached hydrogen (secondary N) is 1. The molecule has 0 aliphatic rings. The highest BCUT2D eigenvalue weighted by Crippen LogP contribution is 2.25. The SMILES string of the molecule is CCC(C)NC(=O)C(CC)N(Cc1ccc(Cl)c(Cl)c1)C(=O)CN(c1ccc(OC)cc1)S(C)(=O)=O. The van der Waals surface area contributed by atoms with Crippen molar-refractivity contribution in [3.05, 3.63) is 58.1 Å². The summed E-state index contributed by atoms with van der Waals surface area (Å²) in [6.45, 7) is 5.18. The van der Waals surface area contributed by atoms with Gasteiger partial charge >= 0.3 is 0 Å². The molecule has 2 unspecified atom stereocenters. The number of hydrogen-bond donors (Lipinski definition) is 1. The first-order valence-corrected chi connectivity index (χ1v) is 14.2. The fourth-order valence-electron chi connectivity index (χ4n) is 3.56. The number of methoxy groups -OCH3 is 1. The van der Waals surface area contributed by atoms with E-state index in [9.17, 15) is 18.0 Å². The van der Waals surface area contributed by atoms with Gasteiger partial charge in [0.05, 0.1) is 29.1 Å². The van der Waals surface area contributed by atoms with Crippen molar-refractivity contribution in [1.29, 1.82) is 0 Å². The lowest BCUT2D eigenvalue weighted by Gasteiger charge is -2.33. The molecular weight excluding hydrogens is 525 g/mol. The van der Waals surface area contributed by atoms with Gasteiger partial charge in [0.1, 0.15) is 18.3 Å². The maximum atomic E-state index is 13.7. The molecule has 11 heteroatoms. The van der Waals surface area contributed by atoms with E-state index < -0.39 is 28.5 Å². The smallest absolute Gasteiger partial charge is 0.244 e. The zero-order valence-corrected chi connectivity index (χ0v) is 23.5. The molecule has 2 amide bonds. The summed E-state index contributed by atoms with van der Waals surface area (Å²) in [5.74, 6) is -0.295. The summed E-state index contributed by atoms with van der Waals surface area (Å²) in [6.07, 6.45) is 2.08. The summed E-state index contributed by atoms with van der Waals surface area (Å²) in [7, 11) is -2.32. The maximum Gasteiger partial charge on any atom is 0.244 e. The van der Waals surface area contributed by atoms with Crippen LogP contribution in [0.1, 0.15) is 39.2 Å². The average molecular weight is 559 g/mol. The topological polar surface area (TPSA) is 96.0 Å². The molecule has 1 N–H and O–H groups in total. The molecule has 0 aromatic heterocycles. The van der Waals surface area contributed by atoms with Crippen molar-refractivity contribution in [2.75, 3.05) is 24.2 Å². The Kier molecular flexibility index (Phi) is 10.9. The number of sulfonamides is 1. The predicted octanol–water partition coefficient (Wildman–Crippen LogP) is 4.49. The number of carbonyl (C=O) groups is 2. The van der Waals surface area contributed by atoms with Crippen molar-refractivity contribution in [3.8, 4) is 5.75 Å². The molecule has 0 aliphatic heterocycles. The summed E-state index contributed by atoms with van der Waals surface area (Å²) in [4.78, 5) is 28.2. The van der Waals surface area contributed by atoms with Gasteiger partial charge in [-0.3, -0.25) is 13.9 Å². The number of anilines is 1. The Morgan fingerprint density at radius 2 is 1.67 bits per heavy atom. The second kappa shape index (κ2) is 13.2. The van der Waals surface area contributed by atoms with Gasteiger partial charge in [0.2, 0.25) is 21.8 Å². The van der Waals surface area contributed by atoms with Crippen LogP contribution in [0.15, 0.2) is 42.5 Å². The van der Waals surface area contributed by atoms with Gasteiger partial charge in [-0.05, 0) is 61.7 Å². The molecule has 36 heavy (non-hydrogen) atoms. The van der Waals surface area contributed by atoms with E-state index in [-0.39, 0.29) is 18.5 Å². The quantitative estimate of drug-likeness (QED) is 0.414. The van der Waals surface area contributed by atoms with Crippen molar-refractivity contribution in [2.45, 2.75) is 52.2 Å². The number of halogens is 2. The van der Waals surface area contributed by atoms with E-state index in [1.54, 1.807) is 49.4 Å². The molecule has 0 bridgehead atoms. The number of carbonyl (C=O) groups excluding carboxylic acids is 2. The predicted molar refractivity (Wildman–Crippen MR) is 144 cm³/mol. The molecule has 2 rings (SSSR count). The minimum absolute atomic E-state index is 0.0440. The normalized spacial score (nSPS) is 13.0. The highest BCUT2D eigenvalue weighted by molar-refractivity contribution is 7.92. The molecule has 198 valence electrons. The van der Waals surface area contributed by atoms with Crippen LogP contribution in [0.5, 0.6) is 5.75 Å². The van der Waals surface area contributed by atoms with E-state index in [0.717, 1.165) is 17.0 Å². The van der Waals surface area contributed by atoms with Gasteiger partial charge in [0.15, 0.2) is 0 Å². The van der Waals surface area contributed by atoms with Gasteiger partial charge < -0.3 is 15.0 Å². The van der Waals surface area contributed by atoms with Crippen LogP contribution >= 0.6 is 23.2 Å². The van der Waals surface area contributed by atoms with Crippen molar-refractivity contribution in [2.24, 2.45) is 0 Å². The fourth-order valence-corrected chi connectivity index (χ4v) is 4.73. The number of nitrogens with zero attached hydrogens (tertiary/aromatic N) is 2. The number of amides is 2. The van der Waals surface area contributed by atoms with Crippen LogP contribution in [0, 0.1) is 0 Å². The third kappa shape index (κ3) is 8.01. The summed E-state index contributed by atoms with van der Waals surface area (Å²) < 4.78 is 31.5. The Bertz CT molecular complexity index is 1160. The highest BCUT2D eigenvalue weighted by atomic mass is 35.5. The number of hydrogen-bond acceptors (Lipinski definition) is 5. The van der Waals surface area contributed by atoms with Crippen LogP contribution in [0.4, 0.5) is 5.69 Å². The van der Waals surface area contributed by atoms with Crippen molar-refractivity contribution < 1.29 is 22.7 Å². The van der Waals surface area contributed by atoms with Crippen LogP contribution in [0.3, 0.4) is 0 Å². The third-order valence-electron chi connectivity index (χ3n) is 5.76. The van der Waals surface area contributed by atoms with Crippen LogP contribution in [-0.2, 0) is 26.2 Å². The molecule has 0 saturated carbocycles. The molecule has 8 nitrogen and oxygen atoms in total. The van der Waals surface area contributed by atoms with Crippen molar-refractivity contribution in [1.82, 2.24) is 10.2 Å². The minimum atomic E-state index is -3.82. The standard InChI is InChI=1S/C25H33Cl2N3O5S/c1-6-17(3)28-25(32)23(7-2)29(15-18-8-13-21(26)22(27)14-18)24(31)16-30(36(5,33)34)19-9-11-20(35-4)12-10-19/h8-14,17,23H,6-7,15-16H2,1-5H3,(H,28,32). The van der Waals surface area contributed by atoms with Gasteiger partial charge in [-0.25, -0.2) is 8.42 Å². The second-order valence-corrected chi connectivity index (χ2v) is 11.2. The molecule has 0 saturated heterocycles. The molecule has 2 aromatic rings. The van der Waals surface area contributed by atoms with Gasteiger partial charge in [-0.2, -0.15) is 0 Å². The van der Waals surface area contributed by atoms with Crippen LogP contribution in [0.25, 0.3) is 0 Å². The van der Waals surface area contributed by atoms with E-state index in [2.05, 4.69) is 5.32 Å². The Labute approximate surface area is 223 Å². The fraction of sp³-hybridized carbons (Fsp3) is 0.440. The Hall–Kier alpha value is -2.49. The first kappa shape index (κ1) is 29.7. The van der Waals surface area contributed by atoms with E-state index in [1.807, 2.05) is 13.8 Å². The van der Waals surface area contributed by atoms with E-state index in [1.165, 1.54) is 12.0 Å². The van der Waals surface area contributed by atoms with Gasteiger partial charge in [0.25, 0.3) is 0 Å². The molecule has 0 fully saturated rings. The zero-order valence-electron chi connectivity index (χ0n) is 21.1. The lowest BCUT2D eigenvalue weighted by Crippen LogP contribution is -2.53. The monoisotopic (exact) mass is 557 g/mol. The lowest BCUT2D eigenvalue weighted by atomic mass is 10.1. The molecule has 0 spiro atoms. The summed E-state index contributed by atoms with van der Waals surface area (Å²) in [6, 6.07) is 10.4. The van der Waals surface area contributed by atoms with E-state index >= 15 is 0 Å². The van der Waals surface area contributed by atoms with Crippen LogP contribution in [0.2, 0.25) is 10.0 Å². The molecular formula is C25H33Cl2N3O5S. The molecule has 0 aliphatic carbocycles. The highest BCUT2D eigenvalue weighted by Gasteiger charge is 2.32. The minimum Gasteiger partial charge on any atom is -0.497 e. The first-order valence-electron chi connectivity index (χ1n) is 11.6. The lowest BCUT2D eigenvalue weighted by molar-refractivity contribution is -0.140. The Morgan fingerprint density at radius 1 is 1.03 bits per heavy atom. The van der Waals surface area contributed by atoms with Crippen LogP contribution in [-0.4, -0.2) is 57.1 Å². The van der Waals surface area contributed by atoms with E-state index in [4.69, 9.17) is 27.9 Å². The average Bonchev–Trinajstić information content (AvgIpc) is 2.83. The molecule has 0 heterocycles. The van der Waals surface area contributed by atoms with Gasteiger partial charge in [-0.15, -0.1) is 0 Å². The van der Waals surface area contributed by atoms with Crippen LogP contribution < -0.4 is 14.4 Å². The van der Waals surface area contributed by atoms with Gasteiger partial charge in [0, 0.05) is 12.6 Å². The number of ether oxygens (including phenoxy) is 1. The van der Waals surface area contributed by atoms with Gasteiger partial charge in [-0.1, -0.05) is 43.1 Å². The maximum absolute atomic E-state index is 13.7.